The molecule has 1 aromatic carbocycles. The number of carbonyl (C=O) groups excluding carboxylic acids is 1. The van der Waals surface area contributed by atoms with Crippen LogP contribution in [0, 0.1) is 5.92 Å². The fourth-order valence-electron chi connectivity index (χ4n) is 4.28. The minimum absolute atomic E-state index is 0.0987. The molecule has 1 amide bonds. The maximum Gasteiger partial charge on any atom is 0.226 e. The van der Waals surface area contributed by atoms with Crippen LogP contribution in [0.3, 0.4) is 0 Å². The SMILES string of the molecule is CC(=O)N(CCc1noc(CC(C)C)n1)C1CCN(Cc2ccc3ccccc3n2)C1. The van der Waals surface area contributed by atoms with E-state index in [-0.39, 0.29) is 11.9 Å². The molecule has 1 unspecified atom stereocenters. The molecule has 0 N–H and O–H groups in total. The minimum atomic E-state index is 0.0987. The molecule has 1 atom stereocenters. The van der Waals surface area contributed by atoms with E-state index < -0.39 is 0 Å². The lowest BCUT2D eigenvalue weighted by Crippen LogP contribution is -2.42. The van der Waals surface area contributed by atoms with Crippen molar-refractivity contribution in [1.82, 2.24) is 24.9 Å². The van der Waals surface area contributed by atoms with Gasteiger partial charge in [0.2, 0.25) is 11.8 Å². The molecule has 164 valence electrons. The van der Waals surface area contributed by atoms with Crippen LogP contribution >= 0.6 is 0 Å². The zero-order chi connectivity index (χ0) is 21.8. The Kier molecular flexibility index (Phi) is 6.61. The topological polar surface area (TPSA) is 75.4 Å². The van der Waals surface area contributed by atoms with E-state index in [2.05, 4.69) is 47.1 Å². The average molecular weight is 422 g/mol. The zero-order valence-corrected chi connectivity index (χ0v) is 18.6. The fourth-order valence-corrected chi connectivity index (χ4v) is 4.28. The summed E-state index contributed by atoms with van der Waals surface area (Å²) in [5.41, 5.74) is 2.09. The van der Waals surface area contributed by atoms with Crippen LogP contribution in [0.1, 0.15) is 44.6 Å². The van der Waals surface area contributed by atoms with Crippen LogP contribution in [0.25, 0.3) is 10.9 Å². The highest BCUT2D eigenvalue weighted by atomic mass is 16.5. The normalized spacial score (nSPS) is 17.0. The summed E-state index contributed by atoms with van der Waals surface area (Å²) in [6.07, 6.45) is 2.37. The van der Waals surface area contributed by atoms with Crippen molar-refractivity contribution in [2.24, 2.45) is 5.92 Å². The summed E-state index contributed by atoms with van der Waals surface area (Å²) in [5.74, 6) is 1.93. The number of rotatable bonds is 8. The monoisotopic (exact) mass is 421 g/mol. The fraction of sp³-hybridized carbons (Fsp3) is 0.500. The lowest BCUT2D eigenvalue weighted by Gasteiger charge is -2.27. The Morgan fingerprint density at radius 3 is 2.87 bits per heavy atom. The number of carbonyl (C=O) groups is 1. The lowest BCUT2D eigenvalue weighted by atomic mass is 10.1. The van der Waals surface area contributed by atoms with Gasteiger partial charge in [0, 0.05) is 57.4 Å². The molecule has 4 rings (SSSR count). The number of nitrogens with zero attached hydrogens (tertiary/aromatic N) is 5. The average Bonchev–Trinajstić information content (AvgIpc) is 3.37. The highest BCUT2D eigenvalue weighted by Crippen LogP contribution is 2.20. The van der Waals surface area contributed by atoms with E-state index in [9.17, 15) is 4.79 Å². The van der Waals surface area contributed by atoms with Crippen molar-refractivity contribution >= 4 is 16.8 Å². The van der Waals surface area contributed by atoms with Gasteiger partial charge in [0.25, 0.3) is 0 Å². The third kappa shape index (κ3) is 5.47. The van der Waals surface area contributed by atoms with Crippen LogP contribution in [0.4, 0.5) is 0 Å². The second-order valence-corrected chi connectivity index (χ2v) is 8.84. The molecule has 0 spiro atoms. The Hall–Kier alpha value is -2.80. The van der Waals surface area contributed by atoms with Crippen molar-refractivity contribution in [2.75, 3.05) is 19.6 Å². The van der Waals surface area contributed by atoms with Gasteiger partial charge < -0.3 is 9.42 Å². The Bertz CT molecular complexity index is 1030. The summed E-state index contributed by atoms with van der Waals surface area (Å²) < 4.78 is 5.33. The van der Waals surface area contributed by atoms with Crippen molar-refractivity contribution in [1.29, 1.82) is 0 Å². The lowest BCUT2D eigenvalue weighted by molar-refractivity contribution is -0.130. The maximum atomic E-state index is 12.3. The van der Waals surface area contributed by atoms with Crippen molar-refractivity contribution in [2.45, 2.75) is 52.6 Å². The van der Waals surface area contributed by atoms with Gasteiger partial charge in [0.15, 0.2) is 5.82 Å². The maximum absolute atomic E-state index is 12.3. The van der Waals surface area contributed by atoms with Crippen LogP contribution in [-0.4, -0.2) is 56.5 Å². The molecule has 1 aliphatic heterocycles. The standard InChI is InChI=1S/C24H31N5O2/c1-17(2)14-24-26-23(27-31-24)11-13-29(18(3)30)21-10-12-28(16-21)15-20-9-8-19-6-4-5-7-22(19)25-20/h4-9,17,21H,10-16H2,1-3H3. The minimum Gasteiger partial charge on any atom is -0.339 e. The number of fused-ring (bicyclic) bond motifs is 1. The number of hydrogen-bond donors (Lipinski definition) is 0. The van der Waals surface area contributed by atoms with Crippen molar-refractivity contribution in [3.05, 3.63) is 53.8 Å². The summed E-state index contributed by atoms with van der Waals surface area (Å²) in [6.45, 7) is 9.14. The van der Waals surface area contributed by atoms with Crippen molar-refractivity contribution in [3.63, 3.8) is 0 Å². The van der Waals surface area contributed by atoms with Crippen molar-refractivity contribution in [3.8, 4) is 0 Å². The quantitative estimate of drug-likeness (QED) is 0.554. The van der Waals surface area contributed by atoms with Gasteiger partial charge in [-0.1, -0.05) is 43.3 Å². The molecule has 0 aliphatic carbocycles. The van der Waals surface area contributed by atoms with Crippen LogP contribution < -0.4 is 0 Å². The first kappa shape index (κ1) is 21.4. The predicted octanol–water partition coefficient (Wildman–Crippen LogP) is 3.48. The molecule has 3 aromatic rings. The van der Waals surface area contributed by atoms with E-state index in [1.807, 2.05) is 23.1 Å². The van der Waals surface area contributed by atoms with Crippen molar-refractivity contribution < 1.29 is 9.32 Å². The van der Waals surface area contributed by atoms with Gasteiger partial charge in [0.1, 0.15) is 0 Å². The molecule has 1 saturated heterocycles. The molecule has 1 aliphatic rings. The Morgan fingerprint density at radius 1 is 1.23 bits per heavy atom. The van der Waals surface area contributed by atoms with Gasteiger partial charge in [-0.3, -0.25) is 14.7 Å². The molecule has 0 saturated carbocycles. The number of likely N-dealkylation sites (tertiary alicyclic amines) is 1. The molecule has 2 aromatic heterocycles. The Labute approximate surface area is 183 Å². The summed E-state index contributed by atoms with van der Waals surface area (Å²) in [7, 11) is 0. The summed E-state index contributed by atoms with van der Waals surface area (Å²) in [4.78, 5) is 26.0. The number of pyridine rings is 1. The first-order chi connectivity index (χ1) is 15.0. The third-order valence-electron chi connectivity index (χ3n) is 5.80. The Morgan fingerprint density at radius 2 is 2.06 bits per heavy atom. The van der Waals surface area contributed by atoms with E-state index in [1.54, 1.807) is 6.92 Å². The van der Waals surface area contributed by atoms with Gasteiger partial charge in [-0.2, -0.15) is 4.98 Å². The second kappa shape index (κ2) is 9.56. The molecule has 7 heteroatoms. The summed E-state index contributed by atoms with van der Waals surface area (Å²) in [5, 5.41) is 5.24. The smallest absolute Gasteiger partial charge is 0.226 e. The predicted molar refractivity (Wildman–Crippen MR) is 119 cm³/mol. The van der Waals surface area contributed by atoms with E-state index in [1.165, 1.54) is 0 Å². The number of hydrogen-bond acceptors (Lipinski definition) is 6. The van der Waals surface area contributed by atoms with Crippen LogP contribution in [0.2, 0.25) is 0 Å². The molecular formula is C24H31N5O2. The van der Waals surface area contributed by atoms with Crippen LogP contribution in [0.15, 0.2) is 40.9 Å². The molecular weight excluding hydrogens is 390 g/mol. The number of para-hydroxylation sites is 1. The van der Waals surface area contributed by atoms with E-state index in [0.29, 0.717) is 30.6 Å². The first-order valence-electron chi connectivity index (χ1n) is 11.1. The van der Waals surface area contributed by atoms with Gasteiger partial charge in [-0.15, -0.1) is 0 Å². The second-order valence-electron chi connectivity index (χ2n) is 8.84. The molecule has 3 heterocycles. The highest BCUT2D eigenvalue weighted by molar-refractivity contribution is 5.78. The highest BCUT2D eigenvalue weighted by Gasteiger charge is 2.29. The largest absolute Gasteiger partial charge is 0.339 e. The van der Waals surface area contributed by atoms with E-state index in [4.69, 9.17) is 9.51 Å². The summed E-state index contributed by atoms with van der Waals surface area (Å²) in [6, 6.07) is 12.6. The van der Waals surface area contributed by atoms with Crippen LogP contribution in [0.5, 0.6) is 0 Å². The number of benzene rings is 1. The summed E-state index contributed by atoms with van der Waals surface area (Å²) >= 11 is 0. The molecule has 0 bridgehead atoms. The molecule has 1 fully saturated rings. The van der Waals surface area contributed by atoms with Crippen LogP contribution in [-0.2, 0) is 24.2 Å². The number of amides is 1. The van der Waals surface area contributed by atoms with E-state index >= 15 is 0 Å². The van der Waals surface area contributed by atoms with Gasteiger partial charge >= 0.3 is 0 Å². The third-order valence-corrected chi connectivity index (χ3v) is 5.80. The van der Waals surface area contributed by atoms with Gasteiger partial charge in [-0.25, -0.2) is 0 Å². The first-order valence-corrected chi connectivity index (χ1v) is 11.1. The molecule has 0 radical (unpaired) electrons. The Balaban J connectivity index is 1.34. The molecule has 31 heavy (non-hydrogen) atoms. The zero-order valence-electron chi connectivity index (χ0n) is 18.6. The number of aromatic nitrogens is 3. The van der Waals surface area contributed by atoms with Gasteiger partial charge in [-0.05, 0) is 24.5 Å². The van der Waals surface area contributed by atoms with Gasteiger partial charge in [0.05, 0.1) is 11.2 Å². The van der Waals surface area contributed by atoms with E-state index in [0.717, 1.165) is 49.1 Å². The molecule has 7 nitrogen and oxygen atoms in total.